The maximum absolute atomic E-state index is 13.1. The molecule has 0 radical (unpaired) electrons. The third kappa shape index (κ3) is 2.74. The summed E-state index contributed by atoms with van der Waals surface area (Å²) in [6.45, 7) is 0.370. The smallest absolute Gasteiger partial charge is 0.260 e. The van der Waals surface area contributed by atoms with Gasteiger partial charge in [-0.05, 0) is 11.6 Å². The minimum atomic E-state index is -0.204. The minimum Gasteiger partial charge on any atom is -0.506 e. The van der Waals surface area contributed by atoms with Crippen molar-refractivity contribution in [3.63, 3.8) is 0 Å². The molecule has 0 spiro atoms. The Kier molecular flexibility index (Phi) is 3.70. The maximum Gasteiger partial charge on any atom is 0.260 e. The van der Waals surface area contributed by atoms with Gasteiger partial charge in [0, 0.05) is 17.8 Å². The number of nitrogens with zero attached hydrogens (tertiary/aromatic N) is 4. The van der Waals surface area contributed by atoms with Gasteiger partial charge in [0.2, 0.25) is 0 Å². The van der Waals surface area contributed by atoms with Crippen LogP contribution in [-0.2, 0) is 6.54 Å². The minimum absolute atomic E-state index is 0.0180. The van der Waals surface area contributed by atoms with Crippen molar-refractivity contribution in [2.24, 2.45) is 0 Å². The van der Waals surface area contributed by atoms with Gasteiger partial charge in [-0.25, -0.2) is 0 Å². The van der Waals surface area contributed by atoms with Crippen molar-refractivity contribution in [2.75, 3.05) is 0 Å². The lowest BCUT2D eigenvalue weighted by molar-refractivity contribution is 0.479. The van der Waals surface area contributed by atoms with Crippen LogP contribution in [0.4, 0.5) is 0 Å². The Morgan fingerprint density at radius 2 is 1.84 bits per heavy atom. The van der Waals surface area contributed by atoms with E-state index in [9.17, 15) is 9.90 Å². The molecule has 25 heavy (non-hydrogen) atoms. The van der Waals surface area contributed by atoms with Crippen molar-refractivity contribution in [3.05, 3.63) is 83.3 Å². The number of aromatic nitrogens is 4. The second kappa shape index (κ2) is 6.16. The van der Waals surface area contributed by atoms with Crippen LogP contribution in [0.15, 0.2) is 72.2 Å². The Balaban J connectivity index is 2.01. The van der Waals surface area contributed by atoms with E-state index in [1.54, 1.807) is 23.0 Å². The lowest BCUT2D eigenvalue weighted by Crippen LogP contribution is -2.23. The molecule has 0 amide bonds. The predicted molar refractivity (Wildman–Crippen MR) is 94.2 cm³/mol. The first-order valence-corrected chi connectivity index (χ1v) is 7.75. The molecule has 6 nitrogen and oxygen atoms in total. The van der Waals surface area contributed by atoms with Crippen LogP contribution >= 0.6 is 0 Å². The fourth-order valence-electron chi connectivity index (χ4n) is 2.82. The molecule has 0 saturated heterocycles. The molecule has 1 aromatic carbocycles. The Morgan fingerprint density at radius 3 is 2.60 bits per heavy atom. The van der Waals surface area contributed by atoms with E-state index >= 15 is 0 Å². The summed E-state index contributed by atoms with van der Waals surface area (Å²) in [7, 11) is 0. The van der Waals surface area contributed by atoms with Gasteiger partial charge < -0.3 is 9.67 Å². The van der Waals surface area contributed by atoms with E-state index in [-0.39, 0.29) is 11.3 Å². The summed E-state index contributed by atoms with van der Waals surface area (Å²) in [6, 6.07) is 11.3. The van der Waals surface area contributed by atoms with Gasteiger partial charge in [0.15, 0.2) is 0 Å². The summed E-state index contributed by atoms with van der Waals surface area (Å²) in [5.74, 6) is 0.0180. The van der Waals surface area contributed by atoms with E-state index in [4.69, 9.17) is 0 Å². The normalized spacial score (nSPS) is 10.9. The van der Waals surface area contributed by atoms with Crippen LogP contribution in [0.25, 0.3) is 22.2 Å². The molecule has 0 aliphatic heterocycles. The molecule has 3 aromatic heterocycles. The fourth-order valence-corrected chi connectivity index (χ4v) is 2.82. The first kappa shape index (κ1) is 15.0. The van der Waals surface area contributed by atoms with Crippen LogP contribution in [0.2, 0.25) is 0 Å². The van der Waals surface area contributed by atoms with Crippen molar-refractivity contribution in [2.45, 2.75) is 6.54 Å². The highest BCUT2D eigenvalue weighted by atomic mass is 16.3. The lowest BCUT2D eigenvalue weighted by atomic mass is 10.1. The second-order valence-corrected chi connectivity index (χ2v) is 5.62. The zero-order chi connectivity index (χ0) is 17.2. The number of benzene rings is 1. The molecular formula is C19H14N4O2. The third-order valence-electron chi connectivity index (χ3n) is 4.02. The molecule has 122 valence electrons. The second-order valence-electron chi connectivity index (χ2n) is 5.62. The molecule has 1 N–H and O–H groups in total. The number of pyridine rings is 2. The van der Waals surface area contributed by atoms with E-state index in [1.807, 2.05) is 30.3 Å². The molecule has 0 bridgehead atoms. The van der Waals surface area contributed by atoms with Crippen molar-refractivity contribution < 1.29 is 5.11 Å². The quantitative estimate of drug-likeness (QED) is 0.624. The molecular weight excluding hydrogens is 316 g/mol. The molecule has 6 heteroatoms. The molecule has 0 aliphatic carbocycles. The molecule has 0 saturated carbocycles. The monoisotopic (exact) mass is 330 g/mol. The summed E-state index contributed by atoms with van der Waals surface area (Å²) in [5, 5.41) is 10.8. The number of hydrogen-bond acceptors (Lipinski definition) is 5. The van der Waals surface area contributed by atoms with Crippen molar-refractivity contribution in [1.29, 1.82) is 0 Å². The van der Waals surface area contributed by atoms with E-state index in [2.05, 4.69) is 15.0 Å². The maximum atomic E-state index is 13.1. The first-order chi connectivity index (χ1) is 12.2. The van der Waals surface area contributed by atoms with Crippen LogP contribution < -0.4 is 5.56 Å². The number of aromatic hydroxyl groups is 1. The highest BCUT2D eigenvalue weighted by Gasteiger charge is 2.14. The van der Waals surface area contributed by atoms with Gasteiger partial charge in [0.1, 0.15) is 5.75 Å². The topological polar surface area (TPSA) is 80.9 Å². The number of hydrogen-bond donors (Lipinski definition) is 1. The Hall–Kier alpha value is -3.54. The summed E-state index contributed by atoms with van der Waals surface area (Å²) in [4.78, 5) is 25.4. The average Bonchev–Trinajstić information content (AvgIpc) is 2.66. The highest BCUT2D eigenvalue weighted by Crippen LogP contribution is 2.26. The summed E-state index contributed by atoms with van der Waals surface area (Å²) >= 11 is 0. The molecule has 0 aliphatic rings. The summed E-state index contributed by atoms with van der Waals surface area (Å²) < 4.78 is 1.60. The van der Waals surface area contributed by atoms with Gasteiger partial charge in [0.05, 0.1) is 41.9 Å². The van der Waals surface area contributed by atoms with Crippen LogP contribution in [-0.4, -0.2) is 24.6 Å². The summed E-state index contributed by atoms with van der Waals surface area (Å²) in [6.07, 6.45) is 7.56. The lowest BCUT2D eigenvalue weighted by Gasteiger charge is -2.13. The van der Waals surface area contributed by atoms with Gasteiger partial charge in [-0.2, -0.15) is 0 Å². The van der Waals surface area contributed by atoms with Gasteiger partial charge in [0.25, 0.3) is 5.56 Å². The van der Waals surface area contributed by atoms with Gasteiger partial charge in [-0.15, -0.1) is 0 Å². The van der Waals surface area contributed by atoms with E-state index in [0.29, 0.717) is 28.7 Å². The van der Waals surface area contributed by atoms with Crippen molar-refractivity contribution >= 4 is 10.9 Å². The number of rotatable bonds is 3. The van der Waals surface area contributed by atoms with Gasteiger partial charge >= 0.3 is 0 Å². The zero-order valence-electron chi connectivity index (χ0n) is 13.2. The summed E-state index contributed by atoms with van der Waals surface area (Å²) in [5.41, 5.74) is 2.20. The van der Waals surface area contributed by atoms with E-state index in [0.717, 1.165) is 5.56 Å². The zero-order valence-corrected chi connectivity index (χ0v) is 13.2. The molecule has 0 unspecified atom stereocenters. The third-order valence-corrected chi connectivity index (χ3v) is 4.02. The molecule has 0 atom stereocenters. The molecule has 3 heterocycles. The number of fused-ring (bicyclic) bond motifs is 1. The van der Waals surface area contributed by atoms with Crippen molar-refractivity contribution in [1.82, 2.24) is 19.5 Å². The van der Waals surface area contributed by atoms with E-state index in [1.165, 1.54) is 18.6 Å². The predicted octanol–water partition coefficient (Wildman–Crippen LogP) is 2.61. The standard InChI is InChI=1S/C19H14N4O2/c24-18-11-21-10-17-15(18)8-14(16-9-20-6-7-22-16)19(25)23(17)12-13-4-2-1-3-5-13/h1-11,24H,12H2. The SMILES string of the molecule is O=c1c(-c2cnccn2)cc2c(O)cncc2n1Cc1ccccc1. The largest absolute Gasteiger partial charge is 0.506 e. The molecule has 4 rings (SSSR count). The Labute approximate surface area is 143 Å². The first-order valence-electron chi connectivity index (χ1n) is 7.75. The fraction of sp³-hybridized carbons (Fsp3) is 0.0526. The Morgan fingerprint density at radius 1 is 1.00 bits per heavy atom. The average molecular weight is 330 g/mol. The van der Waals surface area contributed by atoms with Crippen LogP contribution in [0.3, 0.4) is 0 Å². The molecule has 0 fully saturated rings. The van der Waals surface area contributed by atoms with Crippen LogP contribution in [0, 0.1) is 0 Å². The molecule has 4 aromatic rings. The highest BCUT2D eigenvalue weighted by molar-refractivity contribution is 5.87. The van der Waals surface area contributed by atoms with Gasteiger partial charge in [-0.3, -0.25) is 19.7 Å². The Bertz CT molecular complexity index is 1090. The van der Waals surface area contributed by atoms with Crippen LogP contribution in [0.1, 0.15) is 5.56 Å². The van der Waals surface area contributed by atoms with Crippen molar-refractivity contribution in [3.8, 4) is 17.0 Å². The van der Waals surface area contributed by atoms with Crippen LogP contribution in [0.5, 0.6) is 5.75 Å². The van der Waals surface area contributed by atoms with E-state index < -0.39 is 0 Å². The van der Waals surface area contributed by atoms with Gasteiger partial charge in [-0.1, -0.05) is 30.3 Å².